The molecule has 0 radical (unpaired) electrons. The van der Waals surface area contributed by atoms with Crippen molar-refractivity contribution in [2.75, 3.05) is 5.73 Å². The number of benzene rings is 2. The molecule has 2 aromatic carbocycles. The highest BCUT2D eigenvalue weighted by Gasteiger charge is 2.08. The van der Waals surface area contributed by atoms with Crippen LogP contribution >= 0.6 is 0 Å². The number of hydrogen-bond acceptors (Lipinski definition) is 3. The van der Waals surface area contributed by atoms with Crippen LogP contribution in [-0.4, -0.2) is 5.11 Å². The van der Waals surface area contributed by atoms with E-state index in [0.29, 0.717) is 12.2 Å². The summed E-state index contributed by atoms with van der Waals surface area (Å²) in [7, 11) is 0. The Balaban J connectivity index is 2.62. The van der Waals surface area contributed by atoms with Crippen LogP contribution in [-0.2, 0) is 6.54 Å². The van der Waals surface area contributed by atoms with Gasteiger partial charge in [-0.15, -0.1) is 0 Å². The zero-order valence-corrected chi connectivity index (χ0v) is 8.85. The van der Waals surface area contributed by atoms with Crippen LogP contribution < -0.4 is 11.5 Å². The Morgan fingerprint density at radius 2 is 1.75 bits per heavy atom. The first-order valence-electron chi connectivity index (χ1n) is 5.09. The van der Waals surface area contributed by atoms with Crippen LogP contribution in [0.25, 0.3) is 11.1 Å². The van der Waals surface area contributed by atoms with Crippen LogP contribution in [0.4, 0.5) is 5.69 Å². The van der Waals surface area contributed by atoms with Gasteiger partial charge in [0, 0.05) is 17.8 Å². The molecule has 0 aliphatic heterocycles. The third kappa shape index (κ3) is 1.85. The van der Waals surface area contributed by atoms with Crippen molar-refractivity contribution in [1.29, 1.82) is 0 Å². The van der Waals surface area contributed by atoms with E-state index in [1.165, 1.54) is 0 Å². The highest BCUT2D eigenvalue weighted by atomic mass is 16.3. The van der Waals surface area contributed by atoms with Gasteiger partial charge in [-0.3, -0.25) is 0 Å². The number of anilines is 1. The molecule has 0 aliphatic carbocycles. The lowest BCUT2D eigenvalue weighted by atomic mass is 9.98. The summed E-state index contributed by atoms with van der Waals surface area (Å²) >= 11 is 0. The zero-order valence-electron chi connectivity index (χ0n) is 8.85. The van der Waals surface area contributed by atoms with Crippen LogP contribution in [0, 0.1) is 0 Å². The van der Waals surface area contributed by atoms with E-state index >= 15 is 0 Å². The molecule has 2 rings (SSSR count). The van der Waals surface area contributed by atoms with Crippen LogP contribution in [0.2, 0.25) is 0 Å². The smallest absolute Gasteiger partial charge is 0.123 e. The van der Waals surface area contributed by atoms with Gasteiger partial charge in [0.1, 0.15) is 5.75 Å². The number of nitrogens with two attached hydrogens (primary N) is 2. The Morgan fingerprint density at radius 3 is 2.50 bits per heavy atom. The van der Waals surface area contributed by atoms with E-state index in [9.17, 15) is 5.11 Å². The van der Waals surface area contributed by atoms with Gasteiger partial charge in [0.05, 0.1) is 0 Å². The molecule has 2 aromatic rings. The van der Waals surface area contributed by atoms with Crippen molar-refractivity contribution in [2.24, 2.45) is 5.73 Å². The SMILES string of the molecule is NCc1ccccc1-c1cc(N)ccc1O. The molecular weight excluding hydrogens is 200 g/mol. The molecule has 0 heterocycles. The molecule has 3 heteroatoms. The Morgan fingerprint density at radius 1 is 1.00 bits per heavy atom. The molecule has 82 valence electrons. The second kappa shape index (κ2) is 4.24. The lowest BCUT2D eigenvalue weighted by molar-refractivity contribution is 0.477. The van der Waals surface area contributed by atoms with E-state index in [1.807, 2.05) is 24.3 Å². The van der Waals surface area contributed by atoms with E-state index in [2.05, 4.69) is 0 Å². The largest absolute Gasteiger partial charge is 0.507 e. The predicted molar refractivity (Wildman–Crippen MR) is 65.8 cm³/mol. The third-order valence-corrected chi connectivity index (χ3v) is 2.55. The molecular formula is C13H14N2O. The van der Waals surface area contributed by atoms with Gasteiger partial charge < -0.3 is 16.6 Å². The summed E-state index contributed by atoms with van der Waals surface area (Å²) in [5, 5.41) is 9.81. The van der Waals surface area contributed by atoms with E-state index in [1.54, 1.807) is 18.2 Å². The predicted octanol–water partition coefficient (Wildman–Crippen LogP) is 2.10. The lowest BCUT2D eigenvalue weighted by Crippen LogP contribution is -1.99. The maximum atomic E-state index is 9.81. The van der Waals surface area contributed by atoms with Gasteiger partial charge in [0.25, 0.3) is 0 Å². The highest BCUT2D eigenvalue weighted by molar-refractivity contribution is 5.75. The molecule has 0 aromatic heterocycles. The quantitative estimate of drug-likeness (QED) is 0.529. The fourth-order valence-electron chi connectivity index (χ4n) is 1.73. The summed E-state index contributed by atoms with van der Waals surface area (Å²) < 4.78 is 0. The monoisotopic (exact) mass is 214 g/mol. The van der Waals surface area contributed by atoms with E-state index in [0.717, 1.165) is 16.7 Å². The van der Waals surface area contributed by atoms with Gasteiger partial charge in [-0.1, -0.05) is 24.3 Å². The third-order valence-electron chi connectivity index (χ3n) is 2.55. The molecule has 0 spiro atoms. The molecule has 0 saturated carbocycles. The maximum absolute atomic E-state index is 9.81. The average molecular weight is 214 g/mol. The van der Waals surface area contributed by atoms with Gasteiger partial charge in [0.2, 0.25) is 0 Å². The minimum absolute atomic E-state index is 0.218. The van der Waals surface area contributed by atoms with Gasteiger partial charge in [0.15, 0.2) is 0 Å². The Bertz CT molecular complexity index is 509. The van der Waals surface area contributed by atoms with Crippen LogP contribution in [0.3, 0.4) is 0 Å². The number of nitrogen functional groups attached to an aromatic ring is 1. The van der Waals surface area contributed by atoms with Gasteiger partial charge in [-0.2, -0.15) is 0 Å². The van der Waals surface area contributed by atoms with Gasteiger partial charge in [-0.05, 0) is 29.3 Å². The average Bonchev–Trinajstić information content (AvgIpc) is 2.32. The molecule has 0 aliphatic rings. The van der Waals surface area contributed by atoms with Crippen LogP contribution in [0.15, 0.2) is 42.5 Å². The van der Waals surface area contributed by atoms with E-state index < -0.39 is 0 Å². The number of hydrogen-bond donors (Lipinski definition) is 3. The first kappa shape index (κ1) is 10.5. The molecule has 0 atom stereocenters. The minimum atomic E-state index is 0.218. The van der Waals surface area contributed by atoms with E-state index in [-0.39, 0.29) is 5.75 Å². The summed E-state index contributed by atoms with van der Waals surface area (Å²) in [6.45, 7) is 0.435. The van der Waals surface area contributed by atoms with Crippen molar-refractivity contribution in [3.05, 3.63) is 48.0 Å². The summed E-state index contributed by atoms with van der Waals surface area (Å²) in [4.78, 5) is 0. The number of phenolic OH excluding ortho intramolecular Hbond substituents is 1. The molecule has 5 N–H and O–H groups in total. The van der Waals surface area contributed by atoms with Crippen molar-refractivity contribution in [2.45, 2.75) is 6.54 Å². The molecule has 0 saturated heterocycles. The molecule has 0 bridgehead atoms. The fraction of sp³-hybridized carbons (Fsp3) is 0.0769. The fourth-order valence-corrected chi connectivity index (χ4v) is 1.73. The van der Waals surface area contributed by atoms with E-state index in [4.69, 9.17) is 11.5 Å². The van der Waals surface area contributed by atoms with Crippen molar-refractivity contribution in [1.82, 2.24) is 0 Å². The molecule has 3 nitrogen and oxygen atoms in total. The zero-order chi connectivity index (χ0) is 11.5. The minimum Gasteiger partial charge on any atom is -0.507 e. The van der Waals surface area contributed by atoms with Crippen LogP contribution in [0.1, 0.15) is 5.56 Å². The Kier molecular flexibility index (Phi) is 2.79. The van der Waals surface area contributed by atoms with Gasteiger partial charge in [-0.25, -0.2) is 0 Å². The molecule has 0 amide bonds. The molecule has 0 unspecified atom stereocenters. The summed E-state index contributed by atoms with van der Waals surface area (Å²) in [5.41, 5.74) is 14.6. The normalized spacial score (nSPS) is 10.3. The summed E-state index contributed by atoms with van der Waals surface area (Å²) in [6, 6.07) is 12.7. The molecule has 0 fully saturated rings. The Hall–Kier alpha value is -2.00. The molecule has 16 heavy (non-hydrogen) atoms. The number of rotatable bonds is 2. The standard InChI is InChI=1S/C13H14N2O/c14-8-9-3-1-2-4-11(9)12-7-10(15)5-6-13(12)16/h1-7,16H,8,14-15H2. The number of phenols is 1. The van der Waals surface area contributed by atoms with Crippen LogP contribution in [0.5, 0.6) is 5.75 Å². The summed E-state index contributed by atoms with van der Waals surface area (Å²) in [6.07, 6.45) is 0. The van der Waals surface area contributed by atoms with Crippen molar-refractivity contribution in [3.8, 4) is 16.9 Å². The first-order valence-corrected chi connectivity index (χ1v) is 5.09. The maximum Gasteiger partial charge on any atom is 0.123 e. The van der Waals surface area contributed by atoms with Crippen molar-refractivity contribution < 1.29 is 5.11 Å². The van der Waals surface area contributed by atoms with Crippen molar-refractivity contribution >= 4 is 5.69 Å². The Labute approximate surface area is 94.3 Å². The lowest BCUT2D eigenvalue weighted by Gasteiger charge is -2.10. The van der Waals surface area contributed by atoms with Gasteiger partial charge >= 0.3 is 0 Å². The second-order valence-corrected chi connectivity index (χ2v) is 3.64. The van der Waals surface area contributed by atoms with Crippen molar-refractivity contribution in [3.63, 3.8) is 0 Å². The first-order chi connectivity index (χ1) is 7.72. The highest BCUT2D eigenvalue weighted by Crippen LogP contribution is 2.32. The second-order valence-electron chi connectivity index (χ2n) is 3.64. The topological polar surface area (TPSA) is 72.3 Å². The number of aromatic hydroxyl groups is 1. The summed E-state index contributed by atoms with van der Waals surface area (Å²) in [5.74, 6) is 0.218.